The zero-order chi connectivity index (χ0) is 13.4. The Morgan fingerprint density at radius 2 is 2.28 bits per heavy atom. The zero-order valence-electron chi connectivity index (χ0n) is 11.5. The second kappa shape index (κ2) is 8.03. The van der Waals surface area contributed by atoms with Gasteiger partial charge < -0.3 is 5.32 Å². The number of hydrogen-bond acceptors (Lipinski definition) is 3. The third-order valence-electron chi connectivity index (χ3n) is 3.02. The maximum absolute atomic E-state index is 4.30. The Balaban J connectivity index is 2.56. The van der Waals surface area contributed by atoms with Gasteiger partial charge in [0, 0.05) is 29.1 Å². The first kappa shape index (κ1) is 14.9. The van der Waals surface area contributed by atoms with Gasteiger partial charge in [0.25, 0.3) is 0 Å². The average Bonchev–Trinajstić information content (AvgIpc) is 2.85. The summed E-state index contributed by atoms with van der Waals surface area (Å²) in [4.78, 5) is 1.25. The van der Waals surface area contributed by atoms with Crippen molar-refractivity contribution in [1.82, 2.24) is 10.2 Å². The second-order valence-corrected chi connectivity index (χ2v) is 5.21. The summed E-state index contributed by atoms with van der Waals surface area (Å²) < 4.78 is 0. The number of allylic oxidation sites excluding steroid dienone is 1. The number of rotatable bonds is 8. The lowest BCUT2D eigenvalue weighted by atomic mass is 10.00. The van der Waals surface area contributed by atoms with Gasteiger partial charge in [-0.15, -0.1) is 11.8 Å². The van der Waals surface area contributed by atoms with Gasteiger partial charge in [-0.25, -0.2) is 0 Å². The molecule has 0 bridgehead atoms. The molecule has 0 fully saturated rings. The number of thioether (sulfide) groups is 1. The first-order chi connectivity index (χ1) is 8.74. The number of anilines is 1. The molecule has 0 saturated heterocycles. The first-order valence-corrected chi connectivity index (χ1v) is 7.34. The molecular formula is C14H23N3S. The van der Waals surface area contributed by atoms with E-state index in [1.165, 1.54) is 10.6 Å². The standard InChI is InChI=1S/C14H23N3S/c1-5-11(6-2)13-9-14(17-16-13)15-10-12(7-3)18-8-4/h7-9,11H,4-6,10H2,1-3H3,(H2,15,16,17)/b12-7-. The molecule has 0 aliphatic heterocycles. The molecule has 0 aliphatic rings. The molecule has 0 spiro atoms. The SMILES string of the molecule is C=CS/C(=C\C)CNc1cc(C(CC)CC)[nH]n1. The monoisotopic (exact) mass is 265 g/mol. The van der Waals surface area contributed by atoms with Crippen molar-refractivity contribution in [3.05, 3.63) is 34.7 Å². The Hall–Kier alpha value is -1.16. The summed E-state index contributed by atoms with van der Waals surface area (Å²) in [5.41, 5.74) is 1.22. The zero-order valence-corrected chi connectivity index (χ0v) is 12.3. The van der Waals surface area contributed by atoms with Crippen LogP contribution in [0.2, 0.25) is 0 Å². The number of aromatic amines is 1. The molecule has 0 aromatic carbocycles. The van der Waals surface area contributed by atoms with E-state index < -0.39 is 0 Å². The molecule has 0 saturated carbocycles. The van der Waals surface area contributed by atoms with Gasteiger partial charge in [-0.1, -0.05) is 26.5 Å². The molecule has 0 radical (unpaired) electrons. The van der Waals surface area contributed by atoms with E-state index in [0.29, 0.717) is 5.92 Å². The average molecular weight is 265 g/mol. The minimum atomic E-state index is 0.580. The molecule has 0 amide bonds. The highest BCUT2D eigenvalue weighted by Crippen LogP contribution is 2.23. The topological polar surface area (TPSA) is 40.7 Å². The lowest BCUT2D eigenvalue weighted by molar-refractivity contribution is 0.621. The molecule has 1 aromatic heterocycles. The summed E-state index contributed by atoms with van der Waals surface area (Å²) in [6, 6.07) is 2.11. The van der Waals surface area contributed by atoms with Crippen LogP contribution in [0.15, 0.2) is 29.0 Å². The Kier molecular flexibility index (Phi) is 6.65. The highest BCUT2D eigenvalue weighted by atomic mass is 32.2. The van der Waals surface area contributed by atoms with Crippen molar-refractivity contribution in [1.29, 1.82) is 0 Å². The summed E-state index contributed by atoms with van der Waals surface area (Å²) in [6.45, 7) is 11.0. The summed E-state index contributed by atoms with van der Waals surface area (Å²) in [5.74, 6) is 1.50. The lowest BCUT2D eigenvalue weighted by Crippen LogP contribution is -2.02. The van der Waals surface area contributed by atoms with Crippen LogP contribution < -0.4 is 5.32 Å². The molecule has 0 aliphatic carbocycles. The van der Waals surface area contributed by atoms with E-state index in [9.17, 15) is 0 Å². The van der Waals surface area contributed by atoms with E-state index in [1.54, 1.807) is 11.8 Å². The van der Waals surface area contributed by atoms with Gasteiger partial charge in [0.15, 0.2) is 0 Å². The van der Waals surface area contributed by atoms with E-state index in [0.717, 1.165) is 25.2 Å². The van der Waals surface area contributed by atoms with Crippen molar-refractivity contribution in [2.75, 3.05) is 11.9 Å². The fourth-order valence-corrected chi connectivity index (χ4v) is 2.37. The van der Waals surface area contributed by atoms with Crippen LogP contribution in [0.3, 0.4) is 0 Å². The van der Waals surface area contributed by atoms with Gasteiger partial charge in [-0.3, -0.25) is 5.10 Å². The fraction of sp³-hybridized carbons (Fsp3) is 0.500. The van der Waals surface area contributed by atoms with Gasteiger partial charge in [0.1, 0.15) is 5.82 Å². The normalized spacial score (nSPS) is 11.9. The molecule has 2 N–H and O–H groups in total. The van der Waals surface area contributed by atoms with Crippen molar-refractivity contribution < 1.29 is 0 Å². The number of aromatic nitrogens is 2. The highest BCUT2D eigenvalue weighted by molar-refractivity contribution is 8.05. The predicted molar refractivity (Wildman–Crippen MR) is 81.9 cm³/mol. The van der Waals surface area contributed by atoms with Crippen molar-refractivity contribution in [3.63, 3.8) is 0 Å². The Morgan fingerprint density at radius 1 is 1.56 bits per heavy atom. The second-order valence-electron chi connectivity index (χ2n) is 4.12. The summed E-state index contributed by atoms with van der Waals surface area (Å²) in [6.07, 6.45) is 4.38. The van der Waals surface area contributed by atoms with E-state index in [4.69, 9.17) is 0 Å². The van der Waals surface area contributed by atoms with Crippen LogP contribution in [0.5, 0.6) is 0 Å². The van der Waals surface area contributed by atoms with Crippen molar-refractivity contribution in [2.45, 2.75) is 39.5 Å². The van der Waals surface area contributed by atoms with Gasteiger partial charge in [-0.2, -0.15) is 5.10 Å². The van der Waals surface area contributed by atoms with E-state index in [2.05, 4.69) is 48.1 Å². The van der Waals surface area contributed by atoms with Crippen LogP contribution in [0.25, 0.3) is 0 Å². The Morgan fingerprint density at radius 3 is 2.83 bits per heavy atom. The van der Waals surface area contributed by atoms with Crippen molar-refractivity contribution in [3.8, 4) is 0 Å². The molecule has 4 heteroatoms. The molecule has 18 heavy (non-hydrogen) atoms. The smallest absolute Gasteiger partial charge is 0.148 e. The van der Waals surface area contributed by atoms with E-state index in [-0.39, 0.29) is 0 Å². The third-order valence-corrected chi connectivity index (χ3v) is 3.87. The summed E-state index contributed by atoms with van der Waals surface area (Å²) in [7, 11) is 0. The number of nitrogens with zero attached hydrogens (tertiary/aromatic N) is 1. The minimum absolute atomic E-state index is 0.580. The van der Waals surface area contributed by atoms with E-state index in [1.807, 2.05) is 12.3 Å². The molecule has 1 heterocycles. The number of H-pyrrole nitrogens is 1. The van der Waals surface area contributed by atoms with Crippen LogP contribution in [-0.4, -0.2) is 16.7 Å². The number of nitrogens with one attached hydrogen (secondary N) is 2. The van der Waals surface area contributed by atoms with Gasteiger partial charge in [0.2, 0.25) is 0 Å². The third kappa shape index (κ3) is 4.26. The summed E-state index contributed by atoms with van der Waals surface area (Å²) in [5, 5.41) is 12.6. The molecule has 3 nitrogen and oxygen atoms in total. The lowest BCUT2D eigenvalue weighted by Gasteiger charge is -2.08. The van der Waals surface area contributed by atoms with Crippen LogP contribution in [0.4, 0.5) is 5.82 Å². The Bertz CT molecular complexity index is 391. The van der Waals surface area contributed by atoms with Crippen LogP contribution >= 0.6 is 11.8 Å². The maximum Gasteiger partial charge on any atom is 0.148 e. The van der Waals surface area contributed by atoms with Crippen LogP contribution in [0, 0.1) is 0 Å². The van der Waals surface area contributed by atoms with E-state index >= 15 is 0 Å². The largest absolute Gasteiger partial charge is 0.364 e. The highest BCUT2D eigenvalue weighted by Gasteiger charge is 2.10. The molecule has 0 atom stereocenters. The maximum atomic E-state index is 4.30. The molecule has 1 aromatic rings. The molecular weight excluding hydrogens is 242 g/mol. The van der Waals surface area contributed by atoms with Gasteiger partial charge in [-0.05, 0) is 25.2 Å². The Labute approximate surface area is 114 Å². The van der Waals surface area contributed by atoms with Crippen LogP contribution in [0.1, 0.15) is 45.2 Å². The first-order valence-electron chi connectivity index (χ1n) is 6.47. The summed E-state index contributed by atoms with van der Waals surface area (Å²) >= 11 is 1.64. The molecule has 100 valence electrons. The van der Waals surface area contributed by atoms with Crippen LogP contribution in [-0.2, 0) is 0 Å². The number of hydrogen-bond donors (Lipinski definition) is 2. The quantitative estimate of drug-likeness (QED) is 0.726. The van der Waals surface area contributed by atoms with Crippen molar-refractivity contribution in [2.24, 2.45) is 0 Å². The molecule has 0 unspecified atom stereocenters. The predicted octanol–water partition coefficient (Wildman–Crippen LogP) is 4.51. The minimum Gasteiger partial charge on any atom is -0.364 e. The van der Waals surface area contributed by atoms with Gasteiger partial charge in [0.05, 0.1) is 0 Å². The fourth-order valence-electron chi connectivity index (χ4n) is 1.86. The van der Waals surface area contributed by atoms with Gasteiger partial charge >= 0.3 is 0 Å². The van der Waals surface area contributed by atoms with Crippen molar-refractivity contribution >= 4 is 17.6 Å². The molecule has 1 rings (SSSR count).